The van der Waals surface area contributed by atoms with Gasteiger partial charge in [-0.3, -0.25) is 4.79 Å². The Labute approximate surface area is 112 Å². The second-order valence-corrected chi connectivity index (χ2v) is 4.03. The van der Waals surface area contributed by atoms with Gasteiger partial charge in [0.25, 0.3) is 0 Å². The predicted octanol–water partition coefficient (Wildman–Crippen LogP) is 3.19. The SMILES string of the molecule is COc1ccccc1C(C#N)C(=O)c1ccccc1. The Morgan fingerprint density at radius 1 is 1.11 bits per heavy atom. The van der Waals surface area contributed by atoms with E-state index in [0.29, 0.717) is 16.9 Å². The molecule has 0 N–H and O–H groups in total. The molecule has 3 heteroatoms. The van der Waals surface area contributed by atoms with Crippen molar-refractivity contribution in [3.8, 4) is 11.8 Å². The van der Waals surface area contributed by atoms with Crippen LogP contribution in [0.4, 0.5) is 0 Å². The van der Waals surface area contributed by atoms with Gasteiger partial charge in [0.1, 0.15) is 11.7 Å². The molecule has 0 aliphatic carbocycles. The van der Waals surface area contributed by atoms with E-state index in [0.717, 1.165) is 0 Å². The van der Waals surface area contributed by atoms with Gasteiger partial charge in [-0.25, -0.2) is 0 Å². The van der Waals surface area contributed by atoms with Gasteiger partial charge in [0.2, 0.25) is 0 Å². The lowest BCUT2D eigenvalue weighted by molar-refractivity contribution is 0.0978. The Balaban J connectivity index is 2.41. The van der Waals surface area contributed by atoms with Crippen LogP contribution in [0, 0.1) is 11.3 Å². The molecule has 0 radical (unpaired) electrons. The van der Waals surface area contributed by atoms with Crippen molar-refractivity contribution >= 4 is 5.78 Å². The van der Waals surface area contributed by atoms with Crippen LogP contribution >= 0.6 is 0 Å². The van der Waals surface area contributed by atoms with Crippen LogP contribution in [0.15, 0.2) is 54.6 Å². The van der Waals surface area contributed by atoms with Gasteiger partial charge in [-0.2, -0.15) is 5.26 Å². The highest BCUT2D eigenvalue weighted by molar-refractivity contribution is 6.03. The molecule has 0 bridgehead atoms. The van der Waals surface area contributed by atoms with E-state index in [-0.39, 0.29) is 5.78 Å². The van der Waals surface area contributed by atoms with Crippen molar-refractivity contribution in [2.45, 2.75) is 5.92 Å². The summed E-state index contributed by atoms with van der Waals surface area (Å²) in [4.78, 5) is 12.4. The van der Waals surface area contributed by atoms with Crippen molar-refractivity contribution in [2.75, 3.05) is 7.11 Å². The number of benzene rings is 2. The molecular weight excluding hydrogens is 238 g/mol. The Hall–Kier alpha value is -2.60. The van der Waals surface area contributed by atoms with E-state index in [1.165, 1.54) is 7.11 Å². The first kappa shape index (κ1) is 12.8. The molecule has 0 aromatic heterocycles. The minimum atomic E-state index is -0.849. The van der Waals surface area contributed by atoms with Gasteiger partial charge in [0.05, 0.1) is 13.2 Å². The van der Waals surface area contributed by atoms with E-state index in [4.69, 9.17) is 4.74 Å². The van der Waals surface area contributed by atoms with E-state index < -0.39 is 5.92 Å². The minimum Gasteiger partial charge on any atom is -0.496 e. The number of carbonyl (C=O) groups is 1. The highest BCUT2D eigenvalue weighted by Gasteiger charge is 2.24. The van der Waals surface area contributed by atoms with Crippen LogP contribution in [-0.2, 0) is 0 Å². The number of ketones is 1. The van der Waals surface area contributed by atoms with Crippen molar-refractivity contribution in [2.24, 2.45) is 0 Å². The predicted molar refractivity (Wildman–Crippen MR) is 72.1 cm³/mol. The summed E-state index contributed by atoms with van der Waals surface area (Å²) >= 11 is 0. The van der Waals surface area contributed by atoms with Crippen molar-refractivity contribution in [3.63, 3.8) is 0 Å². The maximum Gasteiger partial charge on any atom is 0.184 e. The molecule has 94 valence electrons. The molecule has 1 unspecified atom stereocenters. The van der Waals surface area contributed by atoms with Crippen LogP contribution < -0.4 is 4.74 Å². The first-order valence-electron chi connectivity index (χ1n) is 5.89. The summed E-state index contributed by atoms with van der Waals surface area (Å²) in [6.45, 7) is 0. The lowest BCUT2D eigenvalue weighted by atomic mass is 9.91. The summed E-state index contributed by atoms with van der Waals surface area (Å²) < 4.78 is 5.21. The van der Waals surface area contributed by atoms with Gasteiger partial charge in [-0.1, -0.05) is 48.5 Å². The van der Waals surface area contributed by atoms with Crippen LogP contribution in [0.1, 0.15) is 21.8 Å². The van der Waals surface area contributed by atoms with Gasteiger partial charge in [0, 0.05) is 11.1 Å². The topological polar surface area (TPSA) is 50.1 Å². The van der Waals surface area contributed by atoms with E-state index in [1.807, 2.05) is 12.1 Å². The monoisotopic (exact) mass is 251 g/mol. The second-order valence-electron chi connectivity index (χ2n) is 4.03. The van der Waals surface area contributed by atoms with Crippen molar-refractivity contribution in [1.82, 2.24) is 0 Å². The number of hydrogen-bond donors (Lipinski definition) is 0. The number of hydrogen-bond acceptors (Lipinski definition) is 3. The van der Waals surface area contributed by atoms with Crippen LogP contribution in [0.3, 0.4) is 0 Å². The zero-order valence-corrected chi connectivity index (χ0v) is 10.5. The number of nitriles is 1. The fourth-order valence-corrected chi connectivity index (χ4v) is 1.94. The second kappa shape index (κ2) is 5.83. The van der Waals surface area contributed by atoms with Gasteiger partial charge in [0.15, 0.2) is 5.78 Å². The fraction of sp³-hybridized carbons (Fsp3) is 0.125. The van der Waals surface area contributed by atoms with Gasteiger partial charge >= 0.3 is 0 Å². The molecule has 2 rings (SSSR count). The van der Waals surface area contributed by atoms with Crippen molar-refractivity contribution in [1.29, 1.82) is 5.26 Å². The standard InChI is InChI=1S/C16H13NO2/c1-19-15-10-6-5-9-13(15)14(11-17)16(18)12-7-3-2-4-8-12/h2-10,14H,1H3. The Bertz CT molecular complexity index is 614. The Kier molecular flexibility index (Phi) is 3.94. The third-order valence-corrected chi connectivity index (χ3v) is 2.90. The van der Waals surface area contributed by atoms with E-state index >= 15 is 0 Å². The Morgan fingerprint density at radius 2 is 1.74 bits per heavy atom. The summed E-state index contributed by atoms with van der Waals surface area (Å²) in [6, 6.07) is 18.0. The van der Waals surface area contributed by atoms with Crippen LogP contribution in [0.25, 0.3) is 0 Å². The average Bonchev–Trinajstić information content (AvgIpc) is 2.49. The number of nitrogens with zero attached hydrogens (tertiary/aromatic N) is 1. The highest BCUT2D eigenvalue weighted by atomic mass is 16.5. The number of methoxy groups -OCH3 is 1. The summed E-state index contributed by atoms with van der Waals surface area (Å²) in [5.41, 5.74) is 1.13. The number of rotatable bonds is 4. The largest absolute Gasteiger partial charge is 0.496 e. The average molecular weight is 251 g/mol. The molecule has 0 fully saturated rings. The number of ether oxygens (including phenoxy) is 1. The lowest BCUT2D eigenvalue weighted by Crippen LogP contribution is -2.12. The zero-order valence-electron chi connectivity index (χ0n) is 10.5. The Morgan fingerprint density at radius 3 is 2.37 bits per heavy atom. The normalized spacial score (nSPS) is 11.4. The van der Waals surface area contributed by atoms with Crippen LogP contribution in [0.5, 0.6) is 5.75 Å². The number of para-hydroxylation sites is 1. The number of carbonyl (C=O) groups excluding carboxylic acids is 1. The summed E-state index contributed by atoms with van der Waals surface area (Å²) in [6.07, 6.45) is 0. The third kappa shape index (κ3) is 2.63. The van der Waals surface area contributed by atoms with E-state index in [2.05, 4.69) is 6.07 Å². The van der Waals surface area contributed by atoms with E-state index in [9.17, 15) is 10.1 Å². The molecule has 2 aromatic rings. The quantitative estimate of drug-likeness (QED) is 0.784. The molecular formula is C16H13NO2. The maximum atomic E-state index is 12.4. The molecule has 0 aliphatic rings. The molecule has 0 aliphatic heterocycles. The molecule has 19 heavy (non-hydrogen) atoms. The van der Waals surface area contributed by atoms with Crippen LogP contribution in [-0.4, -0.2) is 12.9 Å². The molecule has 0 amide bonds. The summed E-state index contributed by atoms with van der Waals surface area (Å²) in [5, 5.41) is 9.30. The first-order chi connectivity index (χ1) is 9.27. The van der Waals surface area contributed by atoms with Gasteiger partial charge in [-0.15, -0.1) is 0 Å². The van der Waals surface area contributed by atoms with Crippen molar-refractivity contribution < 1.29 is 9.53 Å². The lowest BCUT2D eigenvalue weighted by Gasteiger charge is -2.12. The third-order valence-electron chi connectivity index (χ3n) is 2.90. The minimum absolute atomic E-state index is 0.215. The molecule has 1 atom stereocenters. The first-order valence-corrected chi connectivity index (χ1v) is 5.89. The van der Waals surface area contributed by atoms with E-state index in [1.54, 1.807) is 42.5 Å². The molecule has 0 saturated carbocycles. The summed E-state index contributed by atoms with van der Waals surface area (Å²) in [5.74, 6) is -0.510. The summed E-state index contributed by atoms with van der Waals surface area (Å²) in [7, 11) is 1.53. The maximum absolute atomic E-state index is 12.4. The molecule has 0 heterocycles. The molecule has 3 nitrogen and oxygen atoms in total. The smallest absolute Gasteiger partial charge is 0.184 e. The molecule has 0 saturated heterocycles. The van der Waals surface area contributed by atoms with Gasteiger partial charge < -0.3 is 4.74 Å². The zero-order chi connectivity index (χ0) is 13.7. The van der Waals surface area contributed by atoms with Crippen LogP contribution in [0.2, 0.25) is 0 Å². The fourth-order valence-electron chi connectivity index (χ4n) is 1.94. The van der Waals surface area contributed by atoms with Gasteiger partial charge in [-0.05, 0) is 6.07 Å². The number of Topliss-reactive ketones (excluding diaryl/α,β-unsaturated/α-hetero) is 1. The molecule has 2 aromatic carbocycles. The highest BCUT2D eigenvalue weighted by Crippen LogP contribution is 2.28. The van der Waals surface area contributed by atoms with Crippen molar-refractivity contribution in [3.05, 3.63) is 65.7 Å². The molecule has 0 spiro atoms.